The summed E-state index contributed by atoms with van der Waals surface area (Å²) in [6, 6.07) is 17.1. The number of aromatic nitrogens is 4. The minimum atomic E-state index is -1.24. The predicted octanol–water partition coefficient (Wildman–Crippen LogP) is 5.05. The number of likely N-dealkylation sites (N-methyl/N-ethyl adjacent to an activating group) is 1. The van der Waals surface area contributed by atoms with Crippen molar-refractivity contribution in [3.05, 3.63) is 76.4 Å². The maximum absolute atomic E-state index is 12.3. The largest absolute Gasteiger partial charge is 0.477 e. The second kappa shape index (κ2) is 13.9. The number of nitrogens with zero attached hydrogens (tertiary/aromatic N) is 5. The van der Waals surface area contributed by atoms with Crippen LogP contribution in [0.25, 0.3) is 26.5 Å². The van der Waals surface area contributed by atoms with Crippen LogP contribution in [0.15, 0.2) is 60.4 Å². The zero-order valence-corrected chi connectivity index (χ0v) is 25.9. The third-order valence-corrected chi connectivity index (χ3v) is 9.25. The number of aromatic amines is 1. The maximum Gasteiger partial charge on any atom is 0.407 e. The van der Waals surface area contributed by atoms with E-state index in [0.717, 1.165) is 30.8 Å². The minimum absolute atomic E-state index is 0.0793. The fraction of sp³-hybridized carbons (Fsp3) is 0.200. The van der Waals surface area contributed by atoms with Crippen LogP contribution in [-0.4, -0.2) is 57.3 Å². The number of nitrogens with two attached hydrogens (primary N) is 1. The standard InChI is InChI=1S/C30H28N8O5S2/c1-17(20(13-31)28(39)40)21-7-8-22(44-21)23-9-10-24(45-23)38(2)11-12-42-30(41)33-14-18-3-5-19(6-4-18)15-43-27-25-26(35-16-34-25)36-29(32)37-27/h3-10,16H,11-12,14-15H2,1-2H3,(H,33,41)(H,39,40)(H3,32,34,35,36,37)/b20-17+. The Hall–Kier alpha value is -5.46. The molecule has 4 aromatic heterocycles. The van der Waals surface area contributed by atoms with Gasteiger partial charge >= 0.3 is 12.1 Å². The molecule has 4 heterocycles. The quantitative estimate of drug-likeness (QED) is 0.105. The summed E-state index contributed by atoms with van der Waals surface area (Å²) in [4.78, 5) is 43.5. The normalized spacial score (nSPS) is 11.5. The van der Waals surface area contributed by atoms with Gasteiger partial charge in [-0.1, -0.05) is 24.3 Å². The van der Waals surface area contributed by atoms with Crippen molar-refractivity contribution in [1.29, 1.82) is 5.26 Å². The fourth-order valence-electron chi connectivity index (χ4n) is 4.20. The number of rotatable bonds is 12. The number of carboxylic acid groups (broad SMARTS) is 1. The Morgan fingerprint density at radius 3 is 2.58 bits per heavy atom. The average molecular weight is 645 g/mol. The SMILES string of the molecule is C/C(=C(/C#N)C(=O)O)c1ccc(-c2ccc(N(C)CCOC(=O)NCc3ccc(COc4nc(N)nc5nc[nH]c45)cc3)s2)s1. The van der Waals surface area contributed by atoms with Gasteiger partial charge in [-0.05, 0) is 47.9 Å². The number of amides is 1. The van der Waals surface area contributed by atoms with E-state index in [-0.39, 0.29) is 24.7 Å². The highest BCUT2D eigenvalue weighted by Crippen LogP contribution is 2.39. The van der Waals surface area contributed by atoms with Crippen molar-refractivity contribution >= 4 is 62.4 Å². The molecule has 13 nitrogen and oxygen atoms in total. The molecule has 45 heavy (non-hydrogen) atoms. The van der Waals surface area contributed by atoms with E-state index in [1.165, 1.54) is 17.7 Å². The van der Waals surface area contributed by atoms with Crippen molar-refractivity contribution in [2.24, 2.45) is 0 Å². The van der Waals surface area contributed by atoms with Crippen molar-refractivity contribution in [1.82, 2.24) is 25.3 Å². The molecule has 0 aliphatic carbocycles. The Bertz CT molecular complexity index is 1900. The number of imidazole rings is 1. The Kier molecular flexibility index (Phi) is 9.56. The van der Waals surface area contributed by atoms with E-state index >= 15 is 0 Å². The molecular weight excluding hydrogens is 617 g/mol. The van der Waals surface area contributed by atoms with Crippen LogP contribution in [0.4, 0.5) is 15.7 Å². The number of carbonyl (C=O) groups excluding carboxylic acids is 1. The van der Waals surface area contributed by atoms with Crippen LogP contribution < -0.4 is 20.7 Å². The predicted molar refractivity (Wildman–Crippen MR) is 172 cm³/mol. The van der Waals surface area contributed by atoms with E-state index in [0.29, 0.717) is 35.7 Å². The third-order valence-electron chi connectivity index (χ3n) is 6.65. The van der Waals surface area contributed by atoms with Gasteiger partial charge in [-0.25, -0.2) is 14.6 Å². The first-order valence-electron chi connectivity index (χ1n) is 13.6. The molecule has 0 unspecified atom stereocenters. The summed E-state index contributed by atoms with van der Waals surface area (Å²) in [5.41, 5.74) is 8.71. The molecule has 0 fully saturated rings. The third kappa shape index (κ3) is 7.55. The topological polar surface area (TPSA) is 192 Å². The van der Waals surface area contributed by atoms with Crippen LogP contribution in [0, 0.1) is 11.3 Å². The van der Waals surface area contributed by atoms with Crippen LogP contribution >= 0.6 is 22.7 Å². The molecule has 1 amide bonds. The molecule has 5 rings (SSSR count). The highest BCUT2D eigenvalue weighted by molar-refractivity contribution is 7.24. The molecule has 1 aromatic carbocycles. The number of nitrogen functional groups attached to an aromatic ring is 1. The van der Waals surface area contributed by atoms with Gasteiger partial charge in [0.1, 0.15) is 30.4 Å². The first-order chi connectivity index (χ1) is 21.7. The summed E-state index contributed by atoms with van der Waals surface area (Å²) in [6.45, 7) is 2.90. The number of hydrogen-bond donors (Lipinski definition) is 4. The number of fused-ring (bicyclic) bond motifs is 1. The highest BCUT2D eigenvalue weighted by Gasteiger charge is 2.16. The maximum atomic E-state index is 12.3. The summed E-state index contributed by atoms with van der Waals surface area (Å²) in [7, 11) is 1.91. The monoisotopic (exact) mass is 644 g/mol. The highest BCUT2D eigenvalue weighted by atomic mass is 32.1. The number of anilines is 2. The molecule has 0 saturated carbocycles. The van der Waals surface area contributed by atoms with Crippen molar-refractivity contribution < 1.29 is 24.2 Å². The van der Waals surface area contributed by atoms with Crippen LogP contribution in [0.3, 0.4) is 0 Å². The average Bonchev–Trinajstić information content (AvgIpc) is 3.80. The molecule has 5 aromatic rings. The lowest BCUT2D eigenvalue weighted by Crippen LogP contribution is -2.28. The number of aliphatic carboxylic acids is 1. The van der Waals surface area contributed by atoms with Gasteiger partial charge in [-0.15, -0.1) is 22.7 Å². The smallest absolute Gasteiger partial charge is 0.407 e. The molecule has 0 bridgehead atoms. The van der Waals surface area contributed by atoms with Gasteiger partial charge in [0.2, 0.25) is 11.8 Å². The summed E-state index contributed by atoms with van der Waals surface area (Å²) in [6.07, 6.45) is 0.986. The van der Waals surface area contributed by atoms with Gasteiger partial charge in [-0.3, -0.25) is 0 Å². The van der Waals surface area contributed by atoms with Crippen LogP contribution in [0.2, 0.25) is 0 Å². The number of thiophene rings is 2. The van der Waals surface area contributed by atoms with Crippen LogP contribution in [0.1, 0.15) is 22.9 Å². The second-order valence-electron chi connectivity index (χ2n) is 9.72. The van der Waals surface area contributed by atoms with Crippen LogP contribution in [0.5, 0.6) is 5.88 Å². The lowest BCUT2D eigenvalue weighted by atomic mass is 10.1. The van der Waals surface area contributed by atoms with E-state index in [1.54, 1.807) is 24.3 Å². The van der Waals surface area contributed by atoms with Gasteiger partial charge in [0.25, 0.3) is 0 Å². The summed E-state index contributed by atoms with van der Waals surface area (Å²) in [5.74, 6) is -0.834. The van der Waals surface area contributed by atoms with E-state index in [2.05, 4.69) is 25.3 Å². The molecule has 0 aliphatic rings. The number of carbonyl (C=O) groups is 2. The summed E-state index contributed by atoms with van der Waals surface area (Å²) in [5, 5.41) is 22.1. The van der Waals surface area contributed by atoms with Crippen molar-refractivity contribution in [2.45, 2.75) is 20.1 Å². The van der Waals surface area contributed by atoms with Gasteiger partial charge in [-0.2, -0.15) is 15.2 Å². The summed E-state index contributed by atoms with van der Waals surface area (Å²) >= 11 is 3.00. The summed E-state index contributed by atoms with van der Waals surface area (Å²) < 4.78 is 11.2. The van der Waals surface area contributed by atoms with E-state index < -0.39 is 12.1 Å². The Balaban J connectivity index is 1.05. The molecule has 5 N–H and O–H groups in total. The first kappa shape index (κ1) is 31.0. The van der Waals surface area contributed by atoms with Gasteiger partial charge in [0, 0.05) is 28.2 Å². The number of nitrogens with one attached hydrogen (secondary N) is 2. The van der Waals surface area contributed by atoms with Gasteiger partial charge in [0.15, 0.2) is 5.65 Å². The molecule has 0 saturated heterocycles. The Morgan fingerprint density at radius 1 is 1.09 bits per heavy atom. The number of H-pyrrole nitrogens is 1. The van der Waals surface area contributed by atoms with Crippen molar-refractivity contribution in [2.75, 3.05) is 30.8 Å². The van der Waals surface area contributed by atoms with E-state index in [1.807, 2.05) is 60.5 Å². The molecule has 0 spiro atoms. The lowest BCUT2D eigenvalue weighted by molar-refractivity contribution is -0.132. The van der Waals surface area contributed by atoms with Crippen molar-refractivity contribution in [3.63, 3.8) is 0 Å². The van der Waals surface area contributed by atoms with Crippen LogP contribution in [-0.2, 0) is 22.7 Å². The van der Waals surface area contributed by atoms with Gasteiger partial charge < -0.3 is 35.5 Å². The number of hydrogen-bond acceptors (Lipinski definition) is 12. The Labute approximate surface area is 265 Å². The zero-order chi connectivity index (χ0) is 31.9. The number of carboxylic acids is 1. The molecule has 0 atom stereocenters. The molecule has 0 aliphatic heterocycles. The number of ether oxygens (including phenoxy) is 2. The number of alkyl carbamates (subject to hydrolysis) is 1. The lowest BCUT2D eigenvalue weighted by Gasteiger charge is -2.17. The molecule has 15 heteroatoms. The number of nitriles is 1. The minimum Gasteiger partial charge on any atom is -0.477 e. The first-order valence-corrected chi connectivity index (χ1v) is 15.2. The Morgan fingerprint density at radius 2 is 1.82 bits per heavy atom. The van der Waals surface area contributed by atoms with Crippen molar-refractivity contribution in [3.8, 4) is 21.7 Å². The van der Waals surface area contributed by atoms with E-state index in [4.69, 9.17) is 20.5 Å². The zero-order valence-electron chi connectivity index (χ0n) is 24.2. The number of benzene rings is 1. The van der Waals surface area contributed by atoms with Gasteiger partial charge in [0.05, 0.1) is 17.9 Å². The number of allylic oxidation sites excluding steroid dienone is 1. The second-order valence-corrected chi connectivity index (χ2v) is 11.9. The van der Waals surface area contributed by atoms with E-state index in [9.17, 15) is 14.7 Å². The molecule has 230 valence electrons. The molecule has 0 radical (unpaired) electrons. The molecular formula is C30H28N8O5S2. The fourth-order valence-corrected chi connectivity index (χ4v) is 6.29.